The number of carbonyl (C=O) groups is 1. The monoisotopic (exact) mass is 307 g/mol. The van der Waals surface area contributed by atoms with Gasteiger partial charge in [-0.25, -0.2) is 4.98 Å². The fourth-order valence-corrected chi connectivity index (χ4v) is 3.09. The normalized spacial score (nSPS) is 16.5. The van der Waals surface area contributed by atoms with Crippen LogP contribution in [0.15, 0.2) is 9.90 Å². The number of esters is 1. The highest BCUT2D eigenvalue weighted by Crippen LogP contribution is 2.44. The maximum Gasteiger partial charge on any atom is 0.321 e. The van der Waals surface area contributed by atoms with Gasteiger partial charge in [0.25, 0.3) is 0 Å². The van der Waals surface area contributed by atoms with Crippen LogP contribution in [0.4, 0.5) is 0 Å². The standard InChI is InChI=1S/C14H17N3O3S/c1-3-19-13(18)14(5-4-6-14)12-16-11(17-20-12)7-10-8-21-9(2)15-10/h8H,3-7H2,1-2H3. The number of aryl methyl sites for hydroxylation is 1. The van der Waals surface area contributed by atoms with Crippen LogP contribution in [0.2, 0.25) is 0 Å². The van der Waals surface area contributed by atoms with Crippen molar-refractivity contribution in [1.82, 2.24) is 15.1 Å². The third kappa shape index (κ3) is 2.57. The molecule has 21 heavy (non-hydrogen) atoms. The van der Waals surface area contributed by atoms with E-state index in [0.717, 1.165) is 17.1 Å². The number of rotatable bonds is 5. The Labute approximate surface area is 126 Å². The Bertz CT molecular complexity index is 645. The van der Waals surface area contributed by atoms with Crippen molar-refractivity contribution in [3.63, 3.8) is 0 Å². The Morgan fingerprint density at radius 3 is 2.86 bits per heavy atom. The second kappa shape index (κ2) is 5.55. The fraction of sp³-hybridized carbons (Fsp3) is 0.571. The number of carbonyl (C=O) groups excluding carboxylic acids is 1. The van der Waals surface area contributed by atoms with E-state index in [0.29, 0.717) is 37.6 Å². The Balaban J connectivity index is 1.78. The molecule has 112 valence electrons. The molecule has 0 aromatic carbocycles. The van der Waals surface area contributed by atoms with Crippen molar-refractivity contribution in [2.45, 2.75) is 44.9 Å². The van der Waals surface area contributed by atoms with Gasteiger partial charge < -0.3 is 9.26 Å². The highest BCUT2D eigenvalue weighted by Gasteiger charge is 2.51. The van der Waals surface area contributed by atoms with Crippen molar-refractivity contribution < 1.29 is 14.1 Å². The molecule has 0 spiro atoms. The second-order valence-corrected chi connectivity index (χ2v) is 6.27. The lowest BCUT2D eigenvalue weighted by atomic mass is 9.68. The van der Waals surface area contributed by atoms with Crippen molar-refractivity contribution in [3.8, 4) is 0 Å². The van der Waals surface area contributed by atoms with Crippen LogP contribution >= 0.6 is 11.3 Å². The van der Waals surface area contributed by atoms with Gasteiger partial charge in [-0.3, -0.25) is 4.79 Å². The zero-order chi connectivity index (χ0) is 14.9. The molecule has 0 amide bonds. The summed E-state index contributed by atoms with van der Waals surface area (Å²) >= 11 is 1.59. The molecule has 1 fully saturated rings. The largest absolute Gasteiger partial charge is 0.465 e. The molecule has 0 aliphatic heterocycles. The molecule has 2 aromatic heterocycles. The quantitative estimate of drug-likeness (QED) is 0.789. The number of hydrogen-bond acceptors (Lipinski definition) is 7. The van der Waals surface area contributed by atoms with Crippen LogP contribution in [-0.2, 0) is 21.4 Å². The SMILES string of the molecule is CCOC(=O)C1(c2nc(Cc3csc(C)n3)no2)CCC1. The predicted molar refractivity (Wildman–Crippen MR) is 76.1 cm³/mol. The lowest BCUT2D eigenvalue weighted by Gasteiger charge is -2.35. The minimum atomic E-state index is -0.723. The van der Waals surface area contributed by atoms with E-state index >= 15 is 0 Å². The van der Waals surface area contributed by atoms with Crippen LogP contribution < -0.4 is 0 Å². The number of hydrogen-bond donors (Lipinski definition) is 0. The molecule has 0 atom stereocenters. The molecule has 0 bridgehead atoms. The van der Waals surface area contributed by atoms with E-state index in [2.05, 4.69) is 15.1 Å². The van der Waals surface area contributed by atoms with E-state index in [9.17, 15) is 4.79 Å². The summed E-state index contributed by atoms with van der Waals surface area (Å²) in [5.41, 5.74) is 0.197. The molecule has 2 aromatic rings. The number of thiazole rings is 1. The summed E-state index contributed by atoms with van der Waals surface area (Å²) < 4.78 is 10.5. The van der Waals surface area contributed by atoms with Gasteiger partial charge in [-0.15, -0.1) is 11.3 Å². The van der Waals surface area contributed by atoms with Crippen molar-refractivity contribution >= 4 is 17.3 Å². The van der Waals surface area contributed by atoms with Gasteiger partial charge in [0.05, 0.1) is 23.7 Å². The van der Waals surface area contributed by atoms with E-state index in [1.807, 2.05) is 12.3 Å². The molecule has 2 heterocycles. The highest BCUT2D eigenvalue weighted by molar-refractivity contribution is 7.09. The van der Waals surface area contributed by atoms with E-state index in [-0.39, 0.29) is 5.97 Å². The zero-order valence-electron chi connectivity index (χ0n) is 12.1. The van der Waals surface area contributed by atoms with Gasteiger partial charge in [-0.05, 0) is 26.7 Å². The summed E-state index contributed by atoms with van der Waals surface area (Å²) in [7, 11) is 0. The number of aromatic nitrogens is 3. The first-order chi connectivity index (χ1) is 10.1. The van der Waals surface area contributed by atoms with Crippen LogP contribution in [0.1, 0.15) is 48.6 Å². The first-order valence-electron chi connectivity index (χ1n) is 7.05. The Morgan fingerprint density at radius 1 is 1.48 bits per heavy atom. The molecule has 1 aliphatic carbocycles. The average molecular weight is 307 g/mol. The minimum absolute atomic E-state index is 0.254. The molecule has 3 rings (SSSR count). The minimum Gasteiger partial charge on any atom is -0.465 e. The van der Waals surface area contributed by atoms with Gasteiger partial charge in [-0.2, -0.15) is 4.98 Å². The third-order valence-corrected chi connectivity index (χ3v) is 4.58. The van der Waals surface area contributed by atoms with Gasteiger partial charge in [0.2, 0.25) is 5.89 Å². The topological polar surface area (TPSA) is 78.1 Å². The van der Waals surface area contributed by atoms with E-state index < -0.39 is 5.41 Å². The molecule has 0 unspecified atom stereocenters. The van der Waals surface area contributed by atoms with Gasteiger partial charge in [0.15, 0.2) is 5.82 Å². The van der Waals surface area contributed by atoms with Crippen LogP contribution in [-0.4, -0.2) is 27.7 Å². The lowest BCUT2D eigenvalue weighted by molar-refractivity contribution is -0.155. The Kier molecular flexibility index (Phi) is 3.75. The van der Waals surface area contributed by atoms with Crippen molar-refractivity contribution in [3.05, 3.63) is 27.8 Å². The van der Waals surface area contributed by atoms with Gasteiger partial charge in [-0.1, -0.05) is 11.6 Å². The summed E-state index contributed by atoms with van der Waals surface area (Å²) in [6.07, 6.45) is 2.92. The molecule has 0 saturated heterocycles. The molecular formula is C14H17N3O3S. The van der Waals surface area contributed by atoms with Crippen LogP contribution in [0.25, 0.3) is 0 Å². The summed E-state index contributed by atoms with van der Waals surface area (Å²) in [4.78, 5) is 20.9. The first kappa shape index (κ1) is 14.2. The predicted octanol–water partition coefficient (Wildman–Crippen LogP) is 2.41. The molecule has 1 aliphatic rings. The van der Waals surface area contributed by atoms with E-state index in [1.54, 1.807) is 18.3 Å². The molecule has 0 radical (unpaired) electrons. The molecular weight excluding hydrogens is 290 g/mol. The fourth-order valence-electron chi connectivity index (χ4n) is 2.48. The van der Waals surface area contributed by atoms with Gasteiger partial charge in [0.1, 0.15) is 5.41 Å². The molecule has 7 heteroatoms. The van der Waals surface area contributed by atoms with Gasteiger partial charge >= 0.3 is 5.97 Å². The van der Waals surface area contributed by atoms with Gasteiger partial charge in [0, 0.05) is 5.38 Å². The smallest absolute Gasteiger partial charge is 0.321 e. The third-order valence-electron chi connectivity index (χ3n) is 3.76. The Morgan fingerprint density at radius 2 is 2.29 bits per heavy atom. The Hall–Kier alpha value is -1.76. The molecule has 0 N–H and O–H groups in total. The van der Waals surface area contributed by atoms with Crippen molar-refractivity contribution in [2.75, 3.05) is 6.61 Å². The van der Waals surface area contributed by atoms with Crippen molar-refractivity contribution in [1.29, 1.82) is 0 Å². The molecule has 1 saturated carbocycles. The maximum atomic E-state index is 12.2. The van der Waals surface area contributed by atoms with Crippen LogP contribution in [0.3, 0.4) is 0 Å². The summed E-state index contributed by atoms with van der Waals surface area (Å²) in [5, 5.41) is 6.97. The average Bonchev–Trinajstić information content (AvgIpc) is 2.99. The lowest BCUT2D eigenvalue weighted by Crippen LogP contribution is -2.44. The first-order valence-corrected chi connectivity index (χ1v) is 7.93. The molecule has 6 nitrogen and oxygen atoms in total. The second-order valence-electron chi connectivity index (χ2n) is 5.21. The maximum absolute atomic E-state index is 12.2. The van der Waals surface area contributed by atoms with Crippen LogP contribution in [0.5, 0.6) is 0 Å². The summed E-state index contributed by atoms with van der Waals surface area (Å²) in [6, 6.07) is 0. The zero-order valence-corrected chi connectivity index (χ0v) is 12.9. The highest BCUT2D eigenvalue weighted by atomic mass is 32.1. The number of nitrogens with zero attached hydrogens (tertiary/aromatic N) is 3. The summed E-state index contributed by atoms with van der Waals surface area (Å²) in [6.45, 7) is 4.12. The number of ether oxygens (including phenoxy) is 1. The van der Waals surface area contributed by atoms with Crippen molar-refractivity contribution in [2.24, 2.45) is 0 Å². The van der Waals surface area contributed by atoms with E-state index in [1.165, 1.54) is 0 Å². The van der Waals surface area contributed by atoms with Crippen LogP contribution in [0, 0.1) is 6.92 Å². The summed E-state index contributed by atoms with van der Waals surface area (Å²) in [5.74, 6) is 0.691. The van der Waals surface area contributed by atoms with E-state index in [4.69, 9.17) is 9.26 Å².